The molecule has 2 N–H and O–H groups in total. The van der Waals surface area contributed by atoms with Crippen molar-refractivity contribution in [2.45, 2.75) is 52.1 Å². The van der Waals surface area contributed by atoms with Gasteiger partial charge in [-0.15, -0.1) is 0 Å². The number of benzene rings is 1. The molecule has 1 aromatic carbocycles. The van der Waals surface area contributed by atoms with Crippen molar-refractivity contribution < 1.29 is 4.79 Å². The Kier molecular flexibility index (Phi) is 6.04. The highest BCUT2D eigenvalue weighted by molar-refractivity contribution is 5.78. The predicted octanol–water partition coefficient (Wildman–Crippen LogP) is 2.44. The van der Waals surface area contributed by atoms with Crippen LogP contribution in [0, 0.1) is 5.92 Å². The zero-order chi connectivity index (χ0) is 18.5. The van der Waals surface area contributed by atoms with Crippen molar-refractivity contribution in [3.05, 3.63) is 40.4 Å². The molecule has 0 bridgehead atoms. The molecule has 0 unspecified atom stereocenters. The lowest BCUT2D eigenvalue weighted by molar-refractivity contribution is -0.134. The number of aromatic amines is 1. The molecular formula is C20H28N4O2. The third-order valence-corrected chi connectivity index (χ3v) is 5.15. The number of hydrogen-bond acceptors (Lipinski definition) is 4. The van der Waals surface area contributed by atoms with Crippen molar-refractivity contribution >= 4 is 16.8 Å². The first-order chi connectivity index (χ1) is 12.5. The lowest BCUT2D eigenvalue weighted by Gasteiger charge is -2.28. The van der Waals surface area contributed by atoms with Crippen molar-refractivity contribution in [3.8, 4) is 0 Å². The Labute approximate surface area is 154 Å². The second-order valence-electron chi connectivity index (χ2n) is 7.38. The Hall–Kier alpha value is -2.21. The van der Waals surface area contributed by atoms with Crippen LogP contribution in [-0.4, -0.2) is 39.9 Å². The topological polar surface area (TPSA) is 78.1 Å². The summed E-state index contributed by atoms with van der Waals surface area (Å²) in [4.78, 5) is 34.2. The van der Waals surface area contributed by atoms with E-state index in [2.05, 4.69) is 15.3 Å². The first kappa shape index (κ1) is 18.6. The molecule has 26 heavy (non-hydrogen) atoms. The van der Waals surface area contributed by atoms with E-state index in [1.54, 1.807) is 6.07 Å². The Bertz CT molecular complexity index is 809. The molecule has 1 saturated heterocycles. The fourth-order valence-corrected chi connectivity index (χ4v) is 3.57. The maximum atomic E-state index is 12.8. The van der Waals surface area contributed by atoms with Gasteiger partial charge < -0.3 is 15.2 Å². The number of para-hydroxylation sites is 1. The molecule has 0 spiro atoms. The summed E-state index contributed by atoms with van der Waals surface area (Å²) in [6.07, 6.45) is 3.79. The van der Waals surface area contributed by atoms with Gasteiger partial charge in [0.2, 0.25) is 5.91 Å². The minimum Gasteiger partial charge on any atom is -0.333 e. The third kappa shape index (κ3) is 4.49. The van der Waals surface area contributed by atoms with Gasteiger partial charge in [-0.3, -0.25) is 9.59 Å². The van der Waals surface area contributed by atoms with E-state index < -0.39 is 0 Å². The van der Waals surface area contributed by atoms with Crippen molar-refractivity contribution in [3.63, 3.8) is 0 Å². The lowest BCUT2D eigenvalue weighted by Crippen LogP contribution is -2.38. The van der Waals surface area contributed by atoms with E-state index in [1.165, 1.54) is 0 Å². The first-order valence-electron chi connectivity index (χ1n) is 9.52. The number of piperidine rings is 1. The molecule has 0 aliphatic carbocycles. The molecule has 1 aromatic heterocycles. The maximum absolute atomic E-state index is 12.8. The number of H-pyrrole nitrogens is 1. The van der Waals surface area contributed by atoms with Crippen LogP contribution in [-0.2, 0) is 11.3 Å². The van der Waals surface area contributed by atoms with Crippen LogP contribution in [0.25, 0.3) is 10.9 Å². The molecule has 0 saturated carbocycles. The van der Waals surface area contributed by atoms with Gasteiger partial charge in [0.15, 0.2) is 0 Å². The second-order valence-corrected chi connectivity index (χ2v) is 7.38. The van der Waals surface area contributed by atoms with Crippen molar-refractivity contribution in [2.24, 2.45) is 5.92 Å². The normalized spacial score (nSPS) is 15.5. The summed E-state index contributed by atoms with van der Waals surface area (Å²) in [6.45, 7) is 6.44. The number of nitrogens with one attached hydrogen (secondary N) is 2. The van der Waals surface area contributed by atoms with Crippen molar-refractivity contribution in [2.75, 3.05) is 13.1 Å². The molecule has 1 amide bonds. The Morgan fingerprint density at radius 1 is 1.27 bits per heavy atom. The molecule has 0 atom stereocenters. The number of hydrogen-bond donors (Lipinski definition) is 2. The minimum atomic E-state index is -0.156. The quantitative estimate of drug-likeness (QED) is 0.833. The molecule has 2 heterocycles. The van der Waals surface area contributed by atoms with Crippen LogP contribution < -0.4 is 10.9 Å². The van der Waals surface area contributed by atoms with Crippen LogP contribution in [0.2, 0.25) is 0 Å². The number of rotatable bonds is 6. The molecule has 1 aliphatic rings. The zero-order valence-electron chi connectivity index (χ0n) is 15.6. The van der Waals surface area contributed by atoms with Crippen LogP contribution >= 0.6 is 0 Å². The number of amides is 1. The standard InChI is InChI=1S/C20H28N4O2/c1-14(2)24(19(25)8-7-15-9-11-21-12-10-15)13-18-22-17-6-4-3-5-16(17)20(26)23-18/h3-6,14-15,21H,7-13H2,1-2H3,(H,22,23,26). The summed E-state index contributed by atoms with van der Waals surface area (Å²) in [6, 6.07) is 7.33. The number of carbonyl (C=O) groups is 1. The summed E-state index contributed by atoms with van der Waals surface area (Å²) in [7, 11) is 0. The Morgan fingerprint density at radius 3 is 2.73 bits per heavy atom. The monoisotopic (exact) mass is 356 g/mol. The number of aromatic nitrogens is 2. The second kappa shape index (κ2) is 8.45. The summed E-state index contributed by atoms with van der Waals surface area (Å²) < 4.78 is 0. The molecule has 6 heteroatoms. The van der Waals surface area contributed by atoms with Gasteiger partial charge in [0.1, 0.15) is 5.82 Å². The Morgan fingerprint density at radius 2 is 2.00 bits per heavy atom. The minimum absolute atomic E-state index is 0.0623. The van der Waals surface area contributed by atoms with E-state index in [0.29, 0.717) is 35.6 Å². The van der Waals surface area contributed by atoms with Gasteiger partial charge in [-0.1, -0.05) is 12.1 Å². The molecule has 1 aliphatic heterocycles. The smallest absolute Gasteiger partial charge is 0.258 e. The number of carbonyl (C=O) groups excluding carboxylic acids is 1. The fourth-order valence-electron chi connectivity index (χ4n) is 3.57. The number of fused-ring (bicyclic) bond motifs is 1. The Balaban J connectivity index is 1.69. The zero-order valence-corrected chi connectivity index (χ0v) is 15.6. The van der Waals surface area contributed by atoms with E-state index in [0.717, 1.165) is 32.4 Å². The van der Waals surface area contributed by atoms with Crippen LogP contribution in [0.5, 0.6) is 0 Å². The van der Waals surface area contributed by atoms with Gasteiger partial charge in [-0.25, -0.2) is 4.98 Å². The summed E-state index contributed by atoms with van der Waals surface area (Å²) in [5.41, 5.74) is 0.508. The van der Waals surface area contributed by atoms with E-state index in [9.17, 15) is 9.59 Å². The average Bonchev–Trinajstić information content (AvgIpc) is 2.65. The summed E-state index contributed by atoms with van der Waals surface area (Å²) in [5, 5.41) is 3.93. The molecule has 1 fully saturated rings. The van der Waals surface area contributed by atoms with Crippen LogP contribution in [0.3, 0.4) is 0 Å². The highest BCUT2D eigenvalue weighted by atomic mass is 16.2. The summed E-state index contributed by atoms with van der Waals surface area (Å²) >= 11 is 0. The van der Waals surface area contributed by atoms with Crippen molar-refractivity contribution in [1.82, 2.24) is 20.2 Å². The van der Waals surface area contributed by atoms with Gasteiger partial charge in [0.25, 0.3) is 5.56 Å². The van der Waals surface area contributed by atoms with Gasteiger partial charge in [0, 0.05) is 12.5 Å². The van der Waals surface area contributed by atoms with Crippen molar-refractivity contribution in [1.29, 1.82) is 0 Å². The molecule has 0 radical (unpaired) electrons. The largest absolute Gasteiger partial charge is 0.333 e. The van der Waals surface area contributed by atoms with Gasteiger partial charge in [-0.2, -0.15) is 0 Å². The van der Waals surface area contributed by atoms with Gasteiger partial charge in [-0.05, 0) is 64.3 Å². The molecule has 6 nitrogen and oxygen atoms in total. The average molecular weight is 356 g/mol. The maximum Gasteiger partial charge on any atom is 0.258 e. The third-order valence-electron chi connectivity index (χ3n) is 5.15. The van der Waals surface area contributed by atoms with Gasteiger partial charge >= 0.3 is 0 Å². The molecule has 3 rings (SSSR count). The molecule has 2 aromatic rings. The van der Waals surface area contributed by atoms with Gasteiger partial charge in [0.05, 0.1) is 17.4 Å². The SMILES string of the molecule is CC(C)N(Cc1nc2ccccc2c(=O)[nH]1)C(=O)CCC1CCNCC1. The van der Waals surface area contributed by atoms with Crippen LogP contribution in [0.4, 0.5) is 0 Å². The van der Waals surface area contributed by atoms with E-state index in [1.807, 2.05) is 36.9 Å². The number of nitrogens with zero attached hydrogens (tertiary/aromatic N) is 2. The lowest BCUT2D eigenvalue weighted by atomic mass is 9.93. The molecular weight excluding hydrogens is 328 g/mol. The van der Waals surface area contributed by atoms with Crippen LogP contribution in [0.15, 0.2) is 29.1 Å². The fraction of sp³-hybridized carbons (Fsp3) is 0.550. The molecule has 140 valence electrons. The highest BCUT2D eigenvalue weighted by Crippen LogP contribution is 2.19. The van der Waals surface area contributed by atoms with E-state index in [-0.39, 0.29) is 17.5 Å². The first-order valence-corrected chi connectivity index (χ1v) is 9.52. The van der Waals surface area contributed by atoms with Crippen LogP contribution in [0.1, 0.15) is 45.4 Å². The predicted molar refractivity (Wildman–Crippen MR) is 103 cm³/mol. The van der Waals surface area contributed by atoms with E-state index in [4.69, 9.17) is 0 Å². The highest BCUT2D eigenvalue weighted by Gasteiger charge is 2.21. The van der Waals surface area contributed by atoms with E-state index >= 15 is 0 Å². The summed E-state index contributed by atoms with van der Waals surface area (Å²) in [5.74, 6) is 1.31.